The molecular formula is C16H19N3O. The average molecular weight is 269 g/mol. The summed E-state index contributed by atoms with van der Waals surface area (Å²) in [6.07, 6.45) is 6.94. The third-order valence-electron chi connectivity index (χ3n) is 4.65. The second-order valence-electron chi connectivity index (χ2n) is 5.78. The highest BCUT2D eigenvalue weighted by molar-refractivity contribution is 5.88. The maximum atomic E-state index is 5.84. The number of anilines is 1. The van der Waals surface area contributed by atoms with Crippen molar-refractivity contribution >= 4 is 16.7 Å². The molecule has 0 bridgehead atoms. The monoisotopic (exact) mass is 269 g/mol. The van der Waals surface area contributed by atoms with Crippen LogP contribution in [-0.2, 0) is 4.74 Å². The van der Waals surface area contributed by atoms with E-state index in [4.69, 9.17) is 4.74 Å². The summed E-state index contributed by atoms with van der Waals surface area (Å²) in [5.74, 6) is 1.60. The lowest BCUT2D eigenvalue weighted by atomic mass is 9.82. The summed E-state index contributed by atoms with van der Waals surface area (Å²) in [7, 11) is 0. The van der Waals surface area contributed by atoms with Crippen LogP contribution < -0.4 is 5.32 Å². The lowest BCUT2D eigenvalue weighted by Crippen LogP contribution is -2.38. The molecule has 1 aromatic carbocycles. The summed E-state index contributed by atoms with van der Waals surface area (Å²) in [5.41, 5.74) is 1.00. The molecule has 4 heteroatoms. The van der Waals surface area contributed by atoms with Crippen LogP contribution in [0.3, 0.4) is 0 Å². The Bertz CT molecular complexity index is 610. The van der Waals surface area contributed by atoms with E-state index in [1.807, 2.05) is 18.2 Å². The third-order valence-corrected chi connectivity index (χ3v) is 4.65. The number of benzene rings is 1. The summed E-state index contributed by atoms with van der Waals surface area (Å²) in [5, 5.41) is 4.77. The summed E-state index contributed by atoms with van der Waals surface area (Å²) >= 11 is 0. The Morgan fingerprint density at radius 2 is 2.05 bits per heavy atom. The molecule has 4 nitrogen and oxygen atoms in total. The Hall–Kier alpha value is -1.68. The highest BCUT2D eigenvalue weighted by Gasteiger charge is 2.37. The number of fused-ring (bicyclic) bond motifs is 2. The molecule has 0 radical (unpaired) electrons. The first kappa shape index (κ1) is 12.1. The van der Waals surface area contributed by atoms with E-state index in [0.29, 0.717) is 18.1 Å². The zero-order chi connectivity index (χ0) is 13.4. The minimum Gasteiger partial charge on any atom is -0.378 e. The van der Waals surface area contributed by atoms with Gasteiger partial charge in [0.2, 0.25) is 0 Å². The van der Waals surface area contributed by atoms with E-state index in [0.717, 1.165) is 23.3 Å². The standard InChI is InChI=1S/C16H19N3O/c1-2-5-13-12(4-1)16(18-10-17-13)19-14-6-3-7-15-11(14)8-9-20-15/h1-2,4-5,10-11,14-15H,3,6-9H2,(H,17,18,19). The van der Waals surface area contributed by atoms with E-state index in [9.17, 15) is 0 Å². The Balaban J connectivity index is 1.64. The highest BCUT2D eigenvalue weighted by atomic mass is 16.5. The number of nitrogens with one attached hydrogen (secondary N) is 1. The molecule has 3 atom stereocenters. The van der Waals surface area contributed by atoms with Crippen LogP contribution in [0.2, 0.25) is 0 Å². The van der Waals surface area contributed by atoms with E-state index in [-0.39, 0.29) is 0 Å². The van der Waals surface area contributed by atoms with Gasteiger partial charge in [0.05, 0.1) is 11.6 Å². The topological polar surface area (TPSA) is 47.0 Å². The van der Waals surface area contributed by atoms with Gasteiger partial charge in [-0.1, -0.05) is 12.1 Å². The van der Waals surface area contributed by atoms with Crippen LogP contribution in [0, 0.1) is 5.92 Å². The maximum absolute atomic E-state index is 5.84. The second-order valence-corrected chi connectivity index (χ2v) is 5.78. The van der Waals surface area contributed by atoms with Crippen molar-refractivity contribution in [3.8, 4) is 0 Å². The van der Waals surface area contributed by atoms with Crippen LogP contribution in [0.5, 0.6) is 0 Å². The minimum atomic E-state index is 0.453. The van der Waals surface area contributed by atoms with Crippen LogP contribution in [0.15, 0.2) is 30.6 Å². The summed E-state index contributed by atoms with van der Waals surface area (Å²) in [4.78, 5) is 8.78. The summed E-state index contributed by atoms with van der Waals surface area (Å²) in [6, 6.07) is 8.66. The zero-order valence-corrected chi connectivity index (χ0v) is 11.5. The molecule has 3 unspecified atom stereocenters. The van der Waals surface area contributed by atoms with Crippen molar-refractivity contribution in [2.75, 3.05) is 11.9 Å². The first-order valence-electron chi connectivity index (χ1n) is 7.50. The van der Waals surface area contributed by atoms with Crippen molar-refractivity contribution in [3.05, 3.63) is 30.6 Å². The number of aromatic nitrogens is 2. The lowest BCUT2D eigenvalue weighted by Gasteiger charge is -2.33. The molecule has 0 amide bonds. The smallest absolute Gasteiger partial charge is 0.137 e. The third kappa shape index (κ3) is 2.04. The molecule has 0 spiro atoms. The Morgan fingerprint density at radius 1 is 1.10 bits per heavy atom. The molecule has 2 heterocycles. The van der Waals surface area contributed by atoms with Gasteiger partial charge in [0, 0.05) is 24.0 Å². The van der Waals surface area contributed by atoms with Gasteiger partial charge in [-0.05, 0) is 37.8 Å². The normalized spacial score (nSPS) is 29.3. The Morgan fingerprint density at radius 3 is 3.05 bits per heavy atom. The first-order valence-corrected chi connectivity index (χ1v) is 7.50. The molecule has 1 aliphatic carbocycles. The fourth-order valence-corrected chi connectivity index (χ4v) is 3.65. The molecule has 2 fully saturated rings. The molecule has 1 saturated carbocycles. The zero-order valence-electron chi connectivity index (χ0n) is 11.5. The molecule has 1 N–H and O–H groups in total. The molecule has 1 aliphatic heterocycles. The van der Waals surface area contributed by atoms with Gasteiger partial charge in [-0.25, -0.2) is 9.97 Å². The quantitative estimate of drug-likeness (QED) is 0.910. The van der Waals surface area contributed by atoms with Gasteiger partial charge in [-0.3, -0.25) is 0 Å². The number of hydrogen-bond donors (Lipinski definition) is 1. The van der Waals surface area contributed by atoms with Gasteiger partial charge in [0.1, 0.15) is 12.1 Å². The molecule has 20 heavy (non-hydrogen) atoms. The number of nitrogens with zero attached hydrogens (tertiary/aromatic N) is 2. The molecular weight excluding hydrogens is 250 g/mol. The number of rotatable bonds is 2. The number of para-hydroxylation sites is 1. The fourth-order valence-electron chi connectivity index (χ4n) is 3.65. The predicted octanol–water partition coefficient (Wildman–Crippen LogP) is 3.00. The van der Waals surface area contributed by atoms with Gasteiger partial charge < -0.3 is 10.1 Å². The largest absolute Gasteiger partial charge is 0.378 e. The van der Waals surface area contributed by atoms with Crippen LogP contribution in [0.1, 0.15) is 25.7 Å². The summed E-state index contributed by atoms with van der Waals surface area (Å²) in [6.45, 7) is 0.915. The Kier molecular flexibility index (Phi) is 3.03. The summed E-state index contributed by atoms with van der Waals surface area (Å²) < 4.78 is 5.84. The molecule has 104 valence electrons. The van der Waals surface area contributed by atoms with Crippen molar-refractivity contribution in [2.24, 2.45) is 5.92 Å². The van der Waals surface area contributed by atoms with Gasteiger partial charge >= 0.3 is 0 Å². The van der Waals surface area contributed by atoms with Crippen molar-refractivity contribution in [2.45, 2.75) is 37.8 Å². The van der Waals surface area contributed by atoms with Crippen LogP contribution in [-0.4, -0.2) is 28.7 Å². The van der Waals surface area contributed by atoms with Crippen molar-refractivity contribution < 1.29 is 4.74 Å². The molecule has 1 aromatic heterocycles. The second kappa shape index (κ2) is 5.02. The van der Waals surface area contributed by atoms with Gasteiger partial charge in [0.15, 0.2) is 0 Å². The molecule has 1 saturated heterocycles. The molecule has 4 rings (SSSR count). The van der Waals surface area contributed by atoms with Crippen LogP contribution in [0.4, 0.5) is 5.82 Å². The van der Waals surface area contributed by atoms with E-state index < -0.39 is 0 Å². The van der Waals surface area contributed by atoms with Crippen molar-refractivity contribution in [1.29, 1.82) is 0 Å². The van der Waals surface area contributed by atoms with E-state index >= 15 is 0 Å². The van der Waals surface area contributed by atoms with Crippen molar-refractivity contribution in [3.63, 3.8) is 0 Å². The van der Waals surface area contributed by atoms with E-state index in [1.54, 1.807) is 6.33 Å². The van der Waals surface area contributed by atoms with Gasteiger partial charge in [-0.2, -0.15) is 0 Å². The van der Waals surface area contributed by atoms with Gasteiger partial charge in [-0.15, -0.1) is 0 Å². The SMILES string of the molecule is c1ccc2c(NC3CCCC4OCCC34)ncnc2c1. The van der Waals surface area contributed by atoms with E-state index in [2.05, 4.69) is 21.4 Å². The number of hydrogen-bond acceptors (Lipinski definition) is 4. The minimum absolute atomic E-state index is 0.453. The number of ether oxygens (including phenoxy) is 1. The van der Waals surface area contributed by atoms with Crippen molar-refractivity contribution in [1.82, 2.24) is 9.97 Å². The van der Waals surface area contributed by atoms with E-state index in [1.165, 1.54) is 25.7 Å². The predicted molar refractivity (Wildman–Crippen MR) is 78.6 cm³/mol. The van der Waals surface area contributed by atoms with Gasteiger partial charge in [0.25, 0.3) is 0 Å². The molecule has 2 aliphatic rings. The fraction of sp³-hybridized carbons (Fsp3) is 0.500. The maximum Gasteiger partial charge on any atom is 0.137 e. The Labute approximate surface area is 118 Å². The van der Waals surface area contributed by atoms with Crippen LogP contribution >= 0.6 is 0 Å². The molecule has 2 aromatic rings. The average Bonchev–Trinajstić information content (AvgIpc) is 2.97. The van der Waals surface area contributed by atoms with Crippen LogP contribution in [0.25, 0.3) is 10.9 Å². The first-order chi connectivity index (χ1) is 9.92. The lowest BCUT2D eigenvalue weighted by molar-refractivity contribution is 0.0620. The highest BCUT2D eigenvalue weighted by Crippen LogP contribution is 2.36.